The van der Waals surface area contributed by atoms with Gasteiger partial charge >= 0.3 is 0 Å². The molecule has 6 nitrogen and oxygen atoms in total. The molecule has 0 radical (unpaired) electrons. The third-order valence-corrected chi connectivity index (χ3v) is 5.93. The normalized spacial score (nSPS) is 14.2. The fraction of sp³-hybridized carbons (Fsp3) is 0.393. The van der Waals surface area contributed by atoms with E-state index in [0.29, 0.717) is 24.9 Å². The summed E-state index contributed by atoms with van der Waals surface area (Å²) in [4.78, 5) is 2.28. The summed E-state index contributed by atoms with van der Waals surface area (Å²) in [5.74, 6) is 4.58. The number of terminal acetylenes is 1. The first-order chi connectivity index (χ1) is 16.5. The van der Waals surface area contributed by atoms with Crippen molar-refractivity contribution in [3.8, 4) is 29.7 Å². The molecule has 0 spiro atoms. The van der Waals surface area contributed by atoms with Crippen molar-refractivity contribution in [2.45, 2.75) is 39.3 Å². The molecule has 3 aromatic rings. The first kappa shape index (κ1) is 24.0. The second-order valence-corrected chi connectivity index (χ2v) is 9.04. The summed E-state index contributed by atoms with van der Waals surface area (Å²) in [7, 11) is 0. The zero-order valence-electron chi connectivity index (χ0n) is 20.0. The van der Waals surface area contributed by atoms with Crippen LogP contribution in [0.4, 0.5) is 0 Å². The van der Waals surface area contributed by atoms with Crippen LogP contribution < -0.4 is 4.74 Å². The molecule has 178 valence electrons. The standard InChI is InChI=1S/C28H33N3O3/c1-4-16-33-20-25(32)18-30(17-23-12-13-23)19-27-22(3)29-31(24-8-6-5-7-9-24)28(27)34-26-14-10-21(2)11-15-26/h1,5-11,14-15,23,25,32H,12-13,16-20H2,2-3H3/t25-/m0/s1. The van der Waals surface area contributed by atoms with Gasteiger partial charge in [0.05, 0.1) is 29.7 Å². The summed E-state index contributed by atoms with van der Waals surface area (Å²) in [6, 6.07) is 18.0. The Morgan fingerprint density at radius 3 is 2.56 bits per heavy atom. The van der Waals surface area contributed by atoms with E-state index in [2.05, 4.69) is 17.7 Å². The van der Waals surface area contributed by atoms with Gasteiger partial charge in [-0.3, -0.25) is 4.90 Å². The van der Waals surface area contributed by atoms with Crippen LogP contribution >= 0.6 is 0 Å². The largest absolute Gasteiger partial charge is 0.439 e. The average Bonchev–Trinajstić information content (AvgIpc) is 3.60. The molecule has 1 saturated carbocycles. The Bertz CT molecular complexity index is 1100. The second kappa shape index (κ2) is 11.3. The maximum Gasteiger partial charge on any atom is 0.227 e. The maximum absolute atomic E-state index is 10.6. The summed E-state index contributed by atoms with van der Waals surface area (Å²) in [6.07, 6.45) is 7.11. The number of aromatic nitrogens is 2. The van der Waals surface area contributed by atoms with Gasteiger partial charge in [-0.1, -0.05) is 41.8 Å². The molecule has 1 fully saturated rings. The number of aryl methyl sites for hydroxylation is 2. The number of hydrogen-bond donors (Lipinski definition) is 1. The number of ether oxygens (including phenoxy) is 2. The highest BCUT2D eigenvalue weighted by atomic mass is 16.5. The molecule has 1 heterocycles. The van der Waals surface area contributed by atoms with Crippen molar-refractivity contribution < 1.29 is 14.6 Å². The van der Waals surface area contributed by atoms with Crippen LogP contribution in [0, 0.1) is 32.1 Å². The van der Waals surface area contributed by atoms with Gasteiger partial charge in [0.15, 0.2) is 0 Å². The molecule has 4 rings (SSSR count). The summed E-state index contributed by atoms with van der Waals surface area (Å²) >= 11 is 0. The lowest BCUT2D eigenvalue weighted by atomic mass is 10.2. The third-order valence-electron chi connectivity index (χ3n) is 5.93. The van der Waals surface area contributed by atoms with Crippen LogP contribution in [-0.4, -0.2) is 52.2 Å². The molecule has 0 amide bonds. The van der Waals surface area contributed by atoms with Crippen LogP contribution in [0.3, 0.4) is 0 Å². The lowest BCUT2D eigenvalue weighted by molar-refractivity contribution is 0.0250. The zero-order chi connectivity index (χ0) is 23.9. The number of aliphatic hydroxyl groups excluding tert-OH is 1. The van der Waals surface area contributed by atoms with Gasteiger partial charge in [-0.15, -0.1) is 6.42 Å². The van der Waals surface area contributed by atoms with Crippen molar-refractivity contribution in [1.82, 2.24) is 14.7 Å². The number of para-hydroxylation sites is 1. The van der Waals surface area contributed by atoms with E-state index in [0.717, 1.165) is 29.2 Å². The predicted octanol–water partition coefficient (Wildman–Crippen LogP) is 4.50. The predicted molar refractivity (Wildman–Crippen MR) is 133 cm³/mol. The molecule has 0 unspecified atom stereocenters. The fourth-order valence-electron chi connectivity index (χ4n) is 3.98. The Morgan fingerprint density at radius 1 is 1.15 bits per heavy atom. The van der Waals surface area contributed by atoms with Crippen molar-refractivity contribution in [3.05, 3.63) is 71.4 Å². The van der Waals surface area contributed by atoms with Gasteiger partial charge in [-0.2, -0.15) is 5.10 Å². The summed E-state index contributed by atoms with van der Waals surface area (Å²) in [6.45, 7) is 6.55. The van der Waals surface area contributed by atoms with Gasteiger partial charge in [0, 0.05) is 19.6 Å². The van der Waals surface area contributed by atoms with Gasteiger partial charge in [0.2, 0.25) is 5.88 Å². The van der Waals surface area contributed by atoms with Crippen LogP contribution in [0.15, 0.2) is 54.6 Å². The van der Waals surface area contributed by atoms with Crippen LogP contribution in [-0.2, 0) is 11.3 Å². The summed E-state index contributed by atoms with van der Waals surface area (Å²) in [5.41, 5.74) is 4.04. The highest BCUT2D eigenvalue weighted by molar-refractivity contribution is 5.43. The summed E-state index contributed by atoms with van der Waals surface area (Å²) < 4.78 is 13.7. The highest BCUT2D eigenvalue weighted by Crippen LogP contribution is 2.34. The highest BCUT2D eigenvalue weighted by Gasteiger charge is 2.28. The van der Waals surface area contributed by atoms with Gasteiger partial charge < -0.3 is 14.6 Å². The molecule has 0 saturated heterocycles. The minimum absolute atomic E-state index is 0.206. The zero-order valence-corrected chi connectivity index (χ0v) is 20.0. The van der Waals surface area contributed by atoms with E-state index < -0.39 is 6.10 Å². The van der Waals surface area contributed by atoms with E-state index in [9.17, 15) is 5.11 Å². The molecular formula is C28H33N3O3. The Hall–Kier alpha value is -3.11. The number of benzene rings is 2. The first-order valence-electron chi connectivity index (χ1n) is 11.8. The SMILES string of the molecule is C#CCOC[C@@H](O)CN(Cc1c(C)nn(-c2ccccc2)c1Oc1ccc(C)cc1)CC1CC1. The van der Waals surface area contributed by atoms with Crippen LogP contribution in [0.25, 0.3) is 5.69 Å². The monoisotopic (exact) mass is 459 g/mol. The second-order valence-electron chi connectivity index (χ2n) is 9.04. The molecule has 1 N–H and O–H groups in total. The molecule has 0 aliphatic heterocycles. The van der Waals surface area contributed by atoms with E-state index in [1.54, 1.807) is 0 Å². The molecule has 0 bridgehead atoms. The summed E-state index contributed by atoms with van der Waals surface area (Å²) in [5, 5.41) is 15.4. The third kappa shape index (κ3) is 6.48. The smallest absolute Gasteiger partial charge is 0.227 e. The Morgan fingerprint density at radius 2 is 1.88 bits per heavy atom. The quantitative estimate of drug-likeness (QED) is 0.319. The number of hydrogen-bond acceptors (Lipinski definition) is 5. The van der Waals surface area contributed by atoms with Gasteiger partial charge in [0.1, 0.15) is 12.4 Å². The van der Waals surface area contributed by atoms with E-state index in [1.807, 2.05) is 66.2 Å². The number of aliphatic hydroxyl groups is 1. The van der Waals surface area contributed by atoms with Crippen molar-refractivity contribution in [3.63, 3.8) is 0 Å². The van der Waals surface area contributed by atoms with Crippen molar-refractivity contribution in [1.29, 1.82) is 0 Å². The van der Waals surface area contributed by atoms with Crippen LogP contribution in [0.1, 0.15) is 29.7 Å². The van der Waals surface area contributed by atoms with Crippen LogP contribution in [0.5, 0.6) is 11.6 Å². The Labute approximate surface area is 202 Å². The Kier molecular flexibility index (Phi) is 8.02. The molecule has 6 heteroatoms. The molecule has 1 aliphatic rings. The topological polar surface area (TPSA) is 59.8 Å². The van der Waals surface area contributed by atoms with E-state index in [-0.39, 0.29) is 13.2 Å². The lowest BCUT2D eigenvalue weighted by Gasteiger charge is -2.25. The van der Waals surface area contributed by atoms with E-state index >= 15 is 0 Å². The molecule has 34 heavy (non-hydrogen) atoms. The number of rotatable bonds is 12. The van der Waals surface area contributed by atoms with Crippen molar-refractivity contribution in [2.24, 2.45) is 5.92 Å². The lowest BCUT2D eigenvalue weighted by Crippen LogP contribution is -2.36. The van der Waals surface area contributed by atoms with E-state index in [4.69, 9.17) is 21.0 Å². The fourth-order valence-corrected chi connectivity index (χ4v) is 3.98. The number of nitrogens with zero attached hydrogens (tertiary/aromatic N) is 3. The molecule has 1 atom stereocenters. The maximum atomic E-state index is 10.6. The molecule has 2 aromatic carbocycles. The van der Waals surface area contributed by atoms with Gasteiger partial charge in [-0.05, 0) is 56.9 Å². The first-order valence-corrected chi connectivity index (χ1v) is 11.8. The molecule has 1 aliphatic carbocycles. The van der Waals surface area contributed by atoms with Crippen LogP contribution in [0.2, 0.25) is 0 Å². The van der Waals surface area contributed by atoms with Crippen molar-refractivity contribution in [2.75, 3.05) is 26.3 Å². The van der Waals surface area contributed by atoms with Gasteiger partial charge in [-0.25, -0.2) is 4.68 Å². The molecular weight excluding hydrogens is 426 g/mol. The van der Waals surface area contributed by atoms with E-state index in [1.165, 1.54) is 18.4 Å². The Balaban J connectivity index is 1.62. The average molecular weight is 460 g/mol. The minimum Gasteiger partial charge on any atom is -0.439 e. The molecule has 1 aromatic heterocycles. The van der Waals surface area contributed by atoms with Crippen molar-refractivity contribution >= 4 is 0 Å². The minimum atomic E-state index is -0.613. The van der Waals surface area contributed by atoms with Gasteiger partial charge in [0.25, 0.3) is 0 Å².